The van der Waals surface area contributed by atoms with Gasteiger partial charge < -0.3 is 15.0 Å². The van der Waals surface area contributed by atoms with E-state index >= 15 is 0 Å². The number of aryl methyl sites for hydroxylation is 1. The van der Waals surface area contributed by atoms with Crippen LogP contribution in [-0.2, 0) is 27.3 Å². The third kappa shape index (κ3) is 6.10. The molecule has 1 amide bonds. The highest BCUT2D eigenvalue weighted by atomic mass is 19.4. The van der Waals surface area contributed by atoms with Gasteiger partial charge >= 0.3 is 6.18 Å². The molecule has 0 spiro atoms. The van der Waals surface area contributed by atoms with Gasteiger partial charge in [0.05, 0.1) is 11.3 Å². The fourth-order valence-corrected chi connectivity index (χ4v) is 3.69. The zero-order valence-electron chi connectivity index (χ0n) is 20.3. The standard InChI is InChI=1S/C27H26F3N3O3/c1-17-9-8-12-22(25(33-35-4)26(34)31-3)23(17)16-36-32-18(2)21-14-13-20(15-24(21)27(28,29)30)19-10-6-5-7-11-19/h5-15H,16H2,1-4H3,(H,31,34)/b32-18+,33-25+. The summed E-state index contributed by atoms with van der Waals surface area (Å²) in [5, 5.41) is 10.3. The molecule has 0 unspecified atom stereocenters. The van der Waals surface area contributed by atoms with Crippen molar-refractivity contribution < 1.29 is 27.6 Å². The minimum Gasteiger partial charge on any atom is -0.398 e. The first kappa shape index (κ1) is 26.5. The van der Waals surface area contributed by atoms with Crippen molar-refractivity contribution in [1.82, 2.24) is 5.32 Å². The summed E-state index contributed by atoms with van der Waals surface area (Å²) in [5.74, 6) is -0.461. The van der Waals surface area contributed by atoms with Gasteiger partial charge in [0.15, 0.2) is 5.71 Å². The molecule has 0 aromatic heterocycles. The Hall–Kier alpha value is -4.14. The topological polar surface area (TPSA) is 72.3 Å². The molecule has 6 nitrogen and oxygen atoms in total. The van der Waals surface area contributed by atoms with E-state index in [0.29, 0.717) is 22.3 Å². The highest BCUT2D eigenvalue weighted by Crippen LogP contribution is 2.35. The summed E-state index contributed by atoms with van der Waals surface area (Å²) in [4.78, 5) is 22.6. The number of rotatable bonds is 8. The lowest BCUT2D eigenvalue weighted by Gasteiger charge is -2.15. The number of hydrogen-bond donors (Lipinski definition) is 1. The summed E-state index contributed by atoms with van der Waals surface area (Å²) in [6.07, 6.45) is -4.58. The molecule has 1 N–H and O–H groups in total. The Bertz CT molecular complexity index is 1290. The van der Waals surface area contributed by atoms with Crippen LogP contribution in [0.25, 0.3) is 11.1 Å². The van der Waals surface area contributed by atoms with E-state index in [9.17, 15) is 18.0 Å². The summed E-state index contributed by atoms with van der Waals surface area (Å²) in [6.45, 7) is 3.17. The number of benzene rings is 3. The van der Waals surface area contributed by atoms with Crippen molar-refractivity contribution in [2.24, 2.45) is 10.3 Å². The maximum atomic E-state index is 13.9. The lowest BCUT2D eigenvalue weighted by molar-refractivity contribution is -0.137. The largest absolute Gasteiger partial charge is 0.417 e. The maximum absolute atomic E-state index is 13.9. The van der Waals surface area contributed by atoms with Crippen LogP contribution in [0.1, 0.15) is 34.7 Å². The maximum Gasteiger partial charge on any atom is 0.417 e. The van der Waals surface area contributed by atoms with Crippen LogP contribution >= 0.6 is 0 Å². The molecule has 0 heterocycles. The summed E-state index contributed by atoms with van der Waals surface area (Å²) < 4.78 is 41.7. The first-order chi connectivity index (χ1) is 17.2. The Labute approximate surface area is 207 Å². The van der Waals surface area contributed by atoms with Gasteiger partial charge in [-0.1, -0.05) is 71.0 Å². The summed E-state index contributed by atoms with van der Waals surface area (Å²) in [5.41, 5.74) is 2.19. The van der Waals surface area contributed by atoms with Crippen LogP contribution in [0.5, 0.6) is 0 Å². The number of halogens is 3. The van der Waals surface area contributed by atoms with Crippen molar-refractivity contribution in [2.45, 2.75) is 26.6 Å². The fraction of sp³-hybridized carbons (Fsp3) is 0.222. The van der Waals surface area contributed by atoms with E-state index < -0.39 is 17.6 Å². The molecule has 0 saturated heterocycles. The van der Waals surface area contributed by atoms with Crippen molar-refractivity contribution >= 4 is 17.3 Å². The van der Waals surface area contributed by atoms with Crippen molar-refractivity contribution in [3.8, 4) is 11.1 Å². The van der Waals surface area contributed by atoms with Crippen LogP contribution in [-0.4, -0.2) is 31.5 Å². The number of amides is 1. The molecule has 0 aliphatic carbocycles. The monoisotopic (exact) mass is 497 g/mol. The van der Waals surface area contributed by atoms with Crippen molar-refractivity contribution in [2.75, 3.05) is 14.2 Å². The van der Waals surface area contributed by atoms with Crippen molar-refractivity contribution in [3.05, 3.63) is 94.5 Å². The van der Waals surface area contributed by atoms with E-state index in [1.807, 2.05) is 13.0 Å². The second kappa shape index (κ2) is 11.5. The molecular weight excluding hydrogens is 471 g/mol. The average molecular weight is 498 g/mol. The van der Waals surface area contributed by atoms with Gasteiger partial charge in [-0.15, -0.1) is 0 Å². The molecular formula is C27H26F3N3O3. The molecule has 0 fully saturated rings. The van der Waals surface area contributed by atoms with Gasteiger partial charge in [0.2, 0.25) is 0 Å². The SMILES string of the molecule is CNC(=O)/C(=N/OC)c1cccc(C)c1CO/N=C(\C)c1ccc(-c2ccccc2)cc1C(F)(F)F. The van der Waals surface area contributed by atoms with Gasteiger partial charge in [-0.2, -0.15) is 13.2 Å². The highest BCUT2D eigenvalue weighted by molar-refractivity contribution is 6.45. The number of likely N-dealkylation sites (N-methyl/N-ethyl adjacent to an activating group) is 1. The van der Waals surface area contributed by atoms with Gasteiger partial charge in [0.1, 0.15) is 13.7 Å². The summed E-state index contributed by atoms with van der Waals surface area (Å²) >= 11 is 0. The lowest BCUT2D eigenvalue weighted by Crippen LogP contribution is -2.29. The molecule has 0 aliphatic heterocycles. The molecule has 36 heavy (non-hydrogen) atoms. The average Bonchev–Trinajstić information content (AvgIpc) is 2.87. The molecule has 188 valence electrons. The molecule has 0 bridgehead atoms. The lowest BCUT2D eigenvalue weighted by atomic mass is 9.97. The van der Waals surface area contributed by atoms with Gasteiger partial charge in [0, 0.05) is 23.7 Å². The summed E-state index contributed by atoms with van der Waals surface area (Å²) in [7, 11) is 2.79. The van der Waals surface area contributed by atoms with Crippen LogP contribution in [0.4, 0.5) is 13.2 Å². The molecule has 0 aliphatic rings. The number of carbonyl (C=O) groups excluding carboxylic acids is 1. The number of carbonyl (C=O) groups is 1. The third-order valence-corrected chi connectivity index (χ3v) is 5.52. The van der Waals surface area contributed by atoms with Crippen LogP contribution in [0, 0.1) is 6.92 Å². The predicted octanol–water partition coefficient (Wildman–Crippen LogP) is 5.72. The number of nitrogens with zero attached hydrogens (tertiary/aromatic N) is 2. The highest BCUT2D eigenvalue weighted by Gasteiger charge is 2.34. The second-order valence-corrected chi connectivity index (χ2v) is 7.88. The molecule has 0 radical (unpaired) electrons. The van der Waals surface area contributed by atoms with Crippen LogP contribution in [0.15, 0.2) is 77.0 Å². The Kier molecular flexibility index (Phi) is 8.47. The van der Waals surface area contributed by atoms with Gasteiger partial charge in [-0.3, -0.25) is 4.79 Å². The smallest absolute Gasteiger partial charge is 0.398 e. The first-order valence-electron chi connectivity index (χ1n) is 11.0. The minimum absolute atomic E-state index is 0.0406. The molecule has 0 atom stereocenters. The van der Waals surface area contributed by atoms with Gasteiger partial charge in [-0.05, 0) is 36.6 Å². The van der Waals surface area contributed by atoms with Gasteiger partial charge in [-0.25, -0.2) is 0 Å². The van der Waals surface area contributed by atoms with Gasteiger partial charge in [0.25, 0.3) is 5.91 Å². The Balaban J connectivity index is 1.92. The Morgan fingerprint density at radius 2 is 1.67 bits per heavy atom. The molecule has 3 rings (SSSR count). The fourth-order valence-electron chi connectivity index (χ4n) is 3.69. The number of nitrogens with one attached hydrogen (secondary N) is 1. The van der Waals surface area contributed by atoms with Crippen LogP contribution < -0.4 is 5.32 Å². The number of hydrogen-bond acceptors (Lipinski definition) is 5. The minimum atomic E-state index is -4.58. The normalized spacial score (nSPS) is 12.3. The van der Waals surface area contributed by atoms with Crippen LogP contribution in [0.3, 0.4) is 0 Å². The van der Waals surface area contributed by atoms with Crippen LogP contribution in [0.2, 0.25) is 0 Å². The predicted molar refractivity (Wildman–Crippen MR) is 133 cm³/mol. The second-order valence-electron chi connectivity index (χ2n) is 7.88. The Morgan fingerprint density at radius 1 is 0.944 bits per heavy atom. The quantitative estimate of drug-likeness (QED) is 0.320. The van der Waals surface area contributed by atoms with E-state index in [2.05, 4.69) is 15.6 Å². The van der Waals surface area contributed by atoms with Crippen molar-refractivity contribution in [1.29, 1.82) is 0 Å². The van der Waals surface area contributed by atoms with E-state index in [0.717, 1.165) is 11.6 Å². The van der Waals surface area contributed by atoms with E-state index in [4.69, 9.17) is 9.68 Å². The van der Waals surface area contributed by atoms with E-state index in [1.54, 1.807) is 48.5 Å². The first-order valence-corrected chi connectivity index (χ1v) is 11.0. The number of alkyl halides is 3. The molecule has 3 aromatic rings. The number of oxime groups is 2. The Morgan fingerprint density at radius 3 is 2.31 bits per heavy atom. The zero-order valence-corrected chi connectivity index (χ0v) is 20.3. The molecule has 9 heteroatoms. The summed E-state index contributed by atoms with van der Waals surface area (Å²) in [6, 6.07) is 18.2. The van der Waals surface area contributed by atoms with E-state index in [-0.39, 0.29) is 23.6 Å². The van der Waals surface area contributed by atoms with E-state index in [1.165, 1.54) is 27.1 Å². The molecule has 0 saturated carbocycles. The zero-order chi connectivity index (χ0) is 26.3. The third-order valence-electron chi connectivity index (χ3n) is 5.52. The van der Waals surface area contributed by atoms with Crippen molar-refractivity contribution in [3.63, 3.8) is 0 Å². The molecule has 3 aromatic carbocycles.